The van der Waals surface area contributed by atoms with Crippen molar-refractivity contribution in [1.29, 1.82) is 0 Å². The van der Waals surface area contributed by atoms with Crippen molar-refractivity contribution in [3.05, 3.63) is 93.8 Å². The van der Waals surface area contributed by atoms with Gasteiger partial charge < -0.3 is 18.6 Å². The van der Waals surface area contributed by atoms with Gasteiger partial charge in [0.05, 0.1) is 17.6 Å². The average molecular weight is 526 g/mol. The molecule has 0 N–H and O–H groups in total. The third-order valence-corrected chi connectivity index (χ3v) is 6.26. The lowest BCUT2D eigenvalue weighted by Gasteiger charge is -2.29. The molecule has 6 nitrogen and oxygen atoms in total. The molecule has 0 amide bonds. The fourth-order valence-corrected chi connectivity index (χ4v) is 4.49. The minimum Gasteiger partial charge on any atom is -0.490 e. The van der Waals surface area contributed by atoms with Crippen LogP contribution in [0.25, 0.3) is 11.0 Å². The van der Waals surface area contributed by atoms with Crippen molar-refractivity contribution in [2.75, 3.05) is 19.9 Å². The fourth-order valence-electron chi connectivity index (χ4n) is 4.49. The molecule has 198 valence electrons. The fraction of sp³-hybridized carbons (Fsp3) is 0.276. The van der Waals surface area contributed by atoms with Crippen molar-refractivity contribution in [1.82, 2.24) is 4.90 Å². The molecule has 0 aliphatic carbocycles. The minimum absolute atomic E-state index is 0.0163. The molecule has 4 aromatic rings. The number of rotatable bonds is 8. The van der Waals surface area contributed by atoms with E-state index in [1.54, 1.807) is 31.2 Å². The Kier molecular flexibility index (Phi) is 7.28. The standard InChI is InChI=1S/C29H26F3NO5/c1-2-35-23-12-6-7-13-24(23)37-27-25(34)20-14-15-22-21(26(20)38-28(27)29(30,31)32)17-33(18-36-22)16-8-11-19-9-4-3-5-10-19/h3-7,9-10,12-15H,2,8,11,16-18H2,1H3. The molecule has 0 atom stereocenters. The quantitative estimate of drug-likeness (QED) is 0.253. The number of alkyl halides is 3. The number of halogens is 3. The van der Waals surface area contributed by atoms with Gasteiger partial charge >= 0.3 is 6.18 Å². The largest absolute Gasteiger partial charge is 0.490 e. The van der Waals surface area contributed by atoms with Crippen LogP contribution in [0.4, 0.5) is 13.2 Å². The Morgan fingerprint density at radius 1 is 0.974 bits per heavy atom. The zero-order valence-corrected chi connectivity index (χ0v) is 20.7. The summed E-state index contributed by atoms with van der Waals surface area (Å²) in [6.07, 6.45) is -3.28. The van der Waals surface area contributed by atoms with Gasteiger partial charge in [-0.05, 0) is 49.6 Å². The molecule has 2 heterocycles. The van der Waals surface area contributed by atoms with Gasteiger partial charge in [0.15, 0.2) is 11.5 Å². The highest BCUT2D eigenvalue weighted by atomic mass is 19.4. The molecule has 0 saturated carbocycles. The van der Waals surface area contributed by atoms with E-state index >= 15 is 0 Å². The number of fused-ring (bicyclic) bond motifs is 3. The summed E-state index contributed by atoms with van der Waals surface area (Å²) in [4.78, 5) is 15.4. The highest BCUT2D eigenvalue weighted by Gasteiger charge is 2.41. The monoisotopic (exact) mass is 525 g/mol. The Bertz CT molecular complexity index is 1480. The van der Waals surface area contributed by atoms with Crippen LogP contribution in [0.2, 0.25) is 0 Å². The third-order valence-electron chi connectivity index (χ3n) is 6.26. The Morgan fingerprint density at radius 3 is 2.45 bits per heavy atom. The first kappa shape index (κ1) is 25.7. The first-order valence-corrected chi connectivity index (χ1v) is 12.3. The van der Waals surface area contributed by atoms with Crippen molar-refractivity contribution < 1.29 is 31.8 Å². The SMILES string of the molecule is CCOc1ccccc1Oc1c(C(F)(F)F)oc2c3c(ccc2c1=O)OCN(CCCc1ccccc1)C3. The summed E-state index contributed by atoms with van der Waals surface area (Å²) in [5.41, 5.74) is 0.528. The second-order valence-corrected chi connectivity index (χ2v) is 8.90. The number of ether oxygens (including phenoxy) is 3. The van der Waals surface area contributed by atoms with Crippen LogP contribution in [-0.4, -0.2) is 24.8 Å². The van der Waals surface area contributed by atoms with Crippen LogP contribution >= 0.6 is 0 Å². The normalized spacial score (nSPS) is 13.7. The number of aryl methyl sites for hydroxylation is 1. The van der Waals surface area contributed by atoms with E-state index < -0.39 is 23.1 Å². The van der Waals surface area contributed by atoms with E-state index in [9.17, 15) is 18.0 Å². The second-order valence-electron chi connectivity index (χ2n) is 8.90. The summed E-state index contributed by atoms with van der Waals surface area (Å²) in [7, 11) is 0. The maximum absolute atomic E-state index is 14.2. The molecule has 0 saturated heterocycles. The summed E-state index contributed by atoms with van der Waals surface area (Å²) >= 11 is 0. The van der Waals surface area contributed by atoms with Gasteiger partial charge in [-0.2, -0.15) is 13.2 Å². The Hall–Kier alpha value is -3.98. The van der Waals surface area contributed by atoms with Crippen LogP contribution in [0.3, 0.4) is 0 Å². The van der Waals surface area contributed by atoms with Crippen molar-refractivity contribution in [2.45, 2.75) is 32.5 Å². The molecule has 0 unspecified atom stereocenters. The predicted molar refractivity (Wildman–Crippen MR) is 136 cm³/mol. The van der Waals surface area contributed by atoms with Gasteiger partial charge in [-0.3, -0.25) is 9.69 Å². The first-order valence-electron chi connectivity index (χ1n) is 12.3. The Morgan fingerprint density at radius 2 is 1.71 bits per heavy atom. The Labute approximate surface area is 217 Å². The molecule has 5 rings (SSSR count). The smallest absolute Gasteiger partial charge is 0.453 e. The molecular formula is C29H26F3NO5. The molecule has 1 aromatic heterocycles. The van der Waals surface area contributed by atoms with Gasteiger partial charge in [0.2, 0.25) is 11.2 Å². The van der Waals surface area contributed by atoms with Gasteiger partial charge in [0.25, 0.3) is 5.76 Å². The Balaban J connectivity index is 1.49. The van der Waals surface area contributed by atoms with Crippen molar-refractivity contribution >= 4 is 11.0 Å². The van der Waals surface area contributed by atoms with Crippen LogP contribution in [0, 0.1) is 0 Å². The molecule has 0 spiro atoms. The van der Waals surface area contributed by atoms with E-state index in [1.165, 1.54) is 17.7 Å². The number of para-hydroxylation sites is 2. The van der Waals surface area contributed by atoms with Crippen LogP contribution in [0.15, 0.2) is 75.9 Å². The summed E-state index contributed by atoms with van der Waals surface area (Å²) < 4.78 is 64.7. The number of nitrogens with zero attached hydrogens (tertiary/aromatic N) is 1. The zero-order chi connectivity index (χ0) is 26.7. The van der Waals surface area contributed by atoms with E-state index in [0.717, 1.165) is 12.8 Å². The minimum atomic E-state index is -4.98. The molecule has 0 fully saturated rings. The molecule has 1 aliphatic rings. The predicted octanol–water partition coefficient (Wildman–Crippen LogP) is 6.79. The third kappa shape index (κ3) is 5.33. The second kappa shape index (κ2) is 10.8. The van der Waals surface area contributed by atoms with E-state index in [-0.39, 0.29) is 35.6 Å². The van der Waals surface area contributed by atoms with Crippen LogP contribution in [0.1, 0.15) is 30.2 Å². The summed E-state index contributed by atoms with van der Waals surface area (Å²) in [5, 5.41) is -0.0182. The van der Waals surface area contributed by atoms with Crippen molar-refractivity contribution in [3.63, 3.8) is 0 Å². The summed E-state index contributed by atoms with van der Waals surface area (Å²) in [5.74, 6) is -1.85. The maximum atomic E-state index is 14.2. The number of hydrogen-bond acceptors (Lipinski definition) is 6. The maximum Gasteiger partial charge on any atom is 0.453 e. The molecule has 0 bridgehead atoms. The van der Waals surface area contributed by atoms with E-state index in [1.807, 2.05) is 23.1 Å². The van der Waals surface area contributed by atoms with Crippen molar-refractivity contribution in [3.8, 4) is 23.0 Å². The summed E-state index contributed by atoms with van der Waals surface area (Å²) in [6.45, 7) is 3.25. The van der Waals surface area contributed by atoms with Crippen LogP contribution < -0.4 is 19.6 Å². The lowest BCUT2D eigenvalue weighted by atomic mass is 10.1. The van der Waals surface area contributed by atoms with E-state index in [4.69, 9.17) is 18.6 Å². The highest BCUT2D eigenvalue weighted by molar-refractivity contribution is 5.84. The first-order chi connectivity index (χ1) is 18.3. The molecule has 0 radical (unpaired) electrons. The van der Waals surface area contributed by atoms with E-state index in [0.29, 0.717) is 24.6 Å². The number of benzene rings is 3. The van der Waals surface area contributed by atoms with Gasteiger partial charge in [0.1, 0.15) is 18.1 Å². The lowest BCUT2D eigenvalue weighted by molar-refractivity contribution is -0.154. The van der Waals surface area contributed by atoms with Gasteiger partial charge in [-0.15, -0.1) is 0 Å². The highest BCUT2D eigenvalue weighted by Crippen LogP contribution is 2.42. The number of hydrogen-bond donors (Lipinski definition) is 0. The summed E-state index contributed by atoms with van der Waals surface area (Å²) in [6, 6.07) is 19.2. The topological polar surface area (TPSA) is 61.1 Å². The average Bonchev–Trinajstić information content (AvgIpc) is 2.91. The van der Waals surface area contributed by atoms with Gasteiger partial charge in [-0.1, -0.05) is 42.5 Å². The van der Waals surface area contributed by atoms with Gasteiger partial charge in [-0.25, -0.2) is 0 Å². The molecule has 38 heavy (non-hydrogen) atoms. The van der Waals surface area contributed by atoms with Gasteiger partial charge in [0, 0.05) is 13.1 Å². The molecule has 3 aromatic carbocycles. The zero-order valence-electron chi connectivity index (χ0n) is 20.7. The molecule has 1 aliphatic heterocycles. The lowest BCUT2D eigenvalue weighted by Crippen LogP contribution is -2.33. The van der Waals surface area contributed by atoms with Crippen LogP contribution in [-0.2, 0) is 19.1 Å². The molecular weight excluding hydrogens is 499 g/mol. The van der Waals surface area contributed by atoms with Crippen molar-refractivity contribution in [2.24, 2.45) is 0 Å². The van der Waals surface area contributed by atoms with E-state index in [2.05, 4.69) is 12.1 Å². The van der Waals surface area contributed by atoms with Crippen LogP contribution in [0.5, 0.6) is 23.0 Å². The molecule has 9 heteroatoms.